The van der Waals surface area contributed by atoms with E-state index in [4.69, 9.17) is 4.98 Å². The Hall–Kier alpha value is -0.370. The van der Waals surface area contributed by atoms with E-state index in [1.165, 1.54) is 74.9 Å². The van der Waals surface area contributed by atoms with Crippen molar-refractivity contribution in [3.05, 3.63) is 16.1 Å². The molecule has 0 unspecified atom stereocenters. The zero-order valence-electron chi connectivity index (χ0n) is 13.1. The van der Waals surface area contributed by atoms with Gasteiger partial charge in [-0.25, -0.2) is 4.98 Å². The third kappa shape index (κ3) is 7.10. The molecule has 0 aliphatic carbocycles. The lowest BCUT2D eigenvalue weighted by molar-refractivity contribution is 0.494. The number of thiazole rings is 1. The maximum Gasteiger partial charge on any atom is 0.0959 e. The summed E-state index contributed by atoms with van der Waals surface area (Å²) >= 11 is 1.87. The third-order valence-electron chi connectivity index (χ3n) is 3.80. The highest BCUT2D eigenvalue weighted by molar-refractivity contribution is 7.09. The minimum Gasteiger partial charge on any atom is -0.246 e. The molecule has 0 saturated carbocycles. The molecule has 0 bridgehead atoms. The number of aromatic nitrogens is 1. The van der Waals surface area contributed by atoms with Crippen LogP contribution >= 0.6 is 11.3 Å². The Kier molecular flexibility index (Phi) is 9.15. The van der Waals surface area contributed by atoms with Crippen molar-refractivity contribution in [2.24, 2.45) is 0 Å². The summed E-state index contributed by atoms with van der Waals surface area (Å²) in [7, 11) is 0. The molecular weight excluding hydrogens is 250 g/mol. The minimum absolute atomic E-state index is 0.729. The number of rotatable bonds is 11. The van der Waals surface area contributed by atoms with Crippen molar-refractivity contribution in [2.45, 2.75) is 90.9 Å². The molecule has 0 N–H and O–H groups in total. The molecule has 19 heavy (non-hydrogen) atoms. The topological polar surface area (TPSA) is 12.9 Å². The fourth-order valence-corrected chi connectivity index (χ4v) is 3.55. The van der Waals surface area contributed by atoms with Crippen LogP contribution in [-0.2, 0) is 0 Å². The van der Waals surface area contributed by atoms with Gasteiger partial charge in [0.15, 0.2) is 0 Å². The number of hydrogen-bond acceptors (Lipinski definition) is 2. The summed E-state index contributed by atoms with van der Waals surface area (Å²) < 4.78 is 0. The maximum absolute atomic E-state index is 4.73. The van der Waals surface area contributed by atoms with Gasteiger partial charge in [0.05, 0.1) is 5.01 Å². The molecule has 0 aliphatic heterocycles. The van der Waals surface area contributed by atoms with Crippen molar-refractivity contribution < 1.29 is 0 Å². The highest BCUT2D eigenvalue weighted by Crippen LogP contribution is 2.30. The first-order valence-electron chi connectivity index (χ1n) is 8.20. The fraction of sp³-hybridized carbons (Fsp3) is 0.824. The summed E-state index contributed by atoms with van der Waals surface area (Å²) in [4.78, 5) is 4.73. The Balaban J connectivity index is 2.38. The lowest BCUT2D eigenvalue weighted by Crippen LogP contribution is -1.99. The Bertz CT molecular complexity index is 307. The van der Waals surface area contributed by atoms with Crippen LogP contribution in [0.1, 0.15) is 94.7 Å². The van der Waals surface area contributed by atoms with Gasteiger partial charge in [0, 0.05) is 17.0 Å². The van der Waals surface area contributed by atoms with Gasteiger partial charge >= 0.3 is 0 Å². The summed E-state index contributed by atoms with van der Waals surface area (Å²) in [5, 5.41) is 3.60. The van der Waals surface area contributed by atoms with Crippen molar-refractivity contribution in [1.29, 1.82) is 0 Å². The van der Waals surface area contributed by atoms with E-state index < -0.39 is 0 Å². The van der Waals surface area contributed by atoms with Crippen LogP contribution in [0.15, 0.2) is 5.38 Å². The predicted octanol–water partition coefficient (Wildman–Crippen LogP) is 6.48. The molecule has 2 heteroatoms. The molecule has 0 saturated heterocycles. The minimum atomic E-state index is 0.729. The van der Waals surface area contributed by atoms with E-state index in [0.717, 1.165) is 5.92 Å². The lowest BCUT2D eigenvalue weighted by atomic mass is 9.95. The van der Waals surface area contributed by atoms with Gasteiger partial charge < -0.3 is 0 Å². The monoisotopic (exact) mass is 281 g/mol. The van der Waals surface area contributed by atoms with Crippen molar-refractivity contribution in [2.75, 3.05) is 0 Å². The SMILES string of the molecule is CCCCCCC(CCCCCC)c1nc(C)cs1. The fourth-order valence-electron chi connectivity index (χ4n) is 2.59. The average molecular weight is 282 g/mol. The molecule has 0 atom stereocenters. The largest absolute Gasteiger partial charge is 0.246 e. The van der Waals surface area contributed by atoms with E-state index >= 15 is 0 Å². The van der Waals surface area contributed by atoms with E-state index in [1.54, 1.807) is 0 Å². The van der Waals surface area contributed by atoms with Crippen LogP contribution < -0.4 is 0 Å². The first-order valence-corrected chi connectivity index (χ1v) is 9.07. The van der Waals surface area contributed by atoms with Crippen molar-refractivity contribution in [1.82, 2.24) is 4.98 Å². The third-order valence-corrected chi connectivity index (χ3v) is 4.92. The summed E-state index contributed by atoms with van der Waals surface area (Å²) in [6.45, 7) is 6.68. The number of hydrogen-bond donors (Lipinski definition) is 0. The van der Waals surface area contributed by atoms with Gasteiger partial charge in [-0.2, -0.15) is 0 Å². The van der Waals surface area contributed by atoms with E-state index in [2.05, 4.69) is 26.2 Å². The van der Waals surface area contributed by atoms with Crippen LogP contribution in [0.3, 0.4) is 0 Å². The van der Waals surface area contributed by atoms with Gasteiger partial charge in [0.1, 0.15) is 0 Å². The van der Waals surface area contributed by atoms with Crippen LogP contribution in [-0.4, -0.2) is 4.98 Å². The second kappa shape index (κ2) is 10.4. The van der Waals surface area contributed by atoms with Crippen LogP contribution in [0.25, 0.3) is 0 Å². The first kappa shape index (κ1) is 16.7. The standard InChI is InChI=1S/C17H31NS/c1-4-6-8-10-12-16(13-11-9-7-5-2)17-18-15(3)14-19-17/h14,16H,4-13H2,1-3H3. The van der Waals surface area contributed by atoms with E-state index in [0.29, 0.717) is 0 Å². The first-order chi connectivity index (χ1) is 9.27. The highest BCUT2D eigenvalue weighted by Gasteiger charge is 2.14. The van der Waals surface area contributed by atoms with Gasteiger partial charge in [-0.05, 0) is 19.8 Å². The summed E-state index contributed by atoms with van der Waals surface area (Å²) in [5.41, 5.74) is 1.20. The number of unbranched alkanes of at least 4 members (excludes halogenated alkanes) is 6. The molecule has 1 heterocycles. The van der Waals surface area contributed by atoms with E-state index in [1.807, 2.05) is 11.3 Å². The molecule has 0 spiro atoms. The average Bonchev–Trinajstić information content (AvgIpc) is 2.83. The molecule has 0 amide bonds. The Labute approximate surface area is 123 Å². The van der Waals surface area contributed by atoms with Crippen molar-refractivity contribution in [3.8, 4) is 0 Å². The molecule has 1 nitrogen and oxygen atoms in total. The highest BCUT2D eigenvalue weighted by atomic mass is 32.1. The van der Waals surface area contributed by atoms with Gasteiger partial charge in [-0.3, -0.25) is 0 Å². The number of nitrogens with zero attached hydrogens (tertiary/aromatic N) is 1. The second-order valence-electron chi connectivity index (χ2n) is 5.72. The summed E-state index contributed by atoms with van der Waals surface area (Å²) in [6.07, 6.45) is 13.7. The summed E-state index contributed by atoms with van der Waals surface area (Å²) in [6, 6.07) is 0. The van der Waals surface area contributed by atoms with Crippen molar-refractivity contribution >= 4 is 11.3 Å². The van der Waals surface area contributed by atoms with Gasteiger partial charge in [0.2, 0.25) is 0 Å². The molecular formula is C17H31NS. The zero-order valence-corrected chi connectivity index (χ0v) is 13.9. The van der Waals surface area contributed by atoms with Crippen LogP contribution in [0.5, 0.6) is 0 Å². The Morgan fingerprint density at radius 2 is 1.53 bits per heavy atom. The Morgan fingerprint density at radius 1 is 0.947 bits per heavy atom. The second-order valence-corrected chi connectivity index (χ2v) is 6.61. The molecule has 1 rings (SSSR count). The number of aryl methyl sites for hydroxylation is 1. The molecule has 110 valence electrons. The van der Waals surface area contributed by atoms with Gasteiger partial charge in [-0.15, -0.1) is 11.3 Å². The van der Waals surface area contributed by atoms with E-state index in [9.17, 15) is 0 Å². The summed E-state index contributed by atoms with van der Waals surface area (Å²) in [5.74, 6) is 0.729. The molecule has 0 aliphatic rings. The van der Waals surface area contributed by atoms with Crippen LogP contribution in [0, 0.1) is 6.92 Å². The van der Waals surface area contributed by atoms with Crippen molar-refractivity contribution in [3.63, 3.8) is 0 Å². The lowest BCUT2D eigenvalue weighted by Gasteiger charge is -2.14. The molecule has 0 aromatic carbocycles. The van der Waals surface area contributed by atoms with E-state index in [-0.39, 0.29) is 0 Å². The maximum atomic E-state index is 4.73. The molecule has 1 aromatic rings. The van der Waals surface area contributed by atoms with Gasteiger partial charge in [-0.1, -0.05) is 65.2 Å². The van der Waals surface area contributed by atoms with Gasteiger partial charge in [0.25, 0.3) is 0 Å². The zero-order chi connectivity index (χ0) is 13.9. The quantitative estimate of drug-likeness (QED) is 0.423. The van der Waals surface area contributed by atoms with Crippen LogP contribution in [0.2, 0.25) is 0 Å². The smallest absolute Gasteiger partial charge is 0.0959 e. The van der Waals surface area contributed by atoms with Crippen LogP contribution in [0.4, 0.5) is 0 Å². The molecule has 1 aromatic heterocycles. The molecule has 0 radical (unpaired) electrons. The Morgan fingerprint density at radius 3 is 1.95 bits per heavy atom. The normalized spacial score (nSPS) is 11.4. The predicted molar refractivity (Wildman–Crippen MR) is 87.1 cm³/mol. The molecule has 0 fully saturated rings.